The summed E-state index contributed by atoms with van der Waals surface area (Å²) in [6.07, 6.45) is 2.93. The van der Waals surface area contributed by atoms with E-state index in [4.69, 9.17) is 0 Å². The molecule has 0 radical (unpaired) electrons. The first-order valence-electron chi connectivity index (χ1n) is 5.69. The van der Waals surface area contributed by atoms with Crippen LogP contribution in [0.4, 0.5) is 11.5 Å². The summed E-state index contributed by atoms with van der Waals surface area (Å²) in [6.45, 7) is 11.3. The molecule has 1 aromatic rings. The van der Waals surface area contributed by atoms with Crippen molar-refractivity contribution in [2.45, 2.75) is 33.2 Å². The minimum absolute atomic E-state index is 0.279. The Labute approximate surface area is 96.4 Å². The summed E-state index contributed by atoms with van der Waals surface area (Å²) in [5, 5.41) is 3.26. The number of rotatable bonds is 2. The summed E-state index contributed by atoms with van der Waals surface area (Å²) < 4.78 is 0. The van der Waals surface area contributed by atoms with E-state index < -0.39 is 0 Å². The molecule has 86 valence electrons. The number of fused-ring (bicyclic) bond motifs is 1. The predicted octanol–water partition coefficient (Wildman–Crippen LogP) is 2.33. The van der Waals surface area contributed by atoms with Crippen molar-refractivity contribution >= 4 is 11.5 Å². The van der Waals surface area contributed by atoms with Crippen LogP contribution in [0, 0.1) is 6.92 Å². The van der Waals surface area contributed by atoms with Gasteiger partial charge in [0.05, 0.1) is 12.2 Å². The van der Waals surface area contributed by atoms with Crippen molar-refractivity contribution in [3.05, 3.63) is 24.3 Å². The number of hydrogen-bond acceptors (Lipinski definition) is 4. The predicted molar refractivity (Wildman–Crippen MR) is 66.6 cm³/mol. The molecular formula is C12H18N4. The maximum atomic E-state index is 4.51. The van der Waals surface area contributed by atoms with E-state index >= 15 is 0 Å². The van der Waals surface area contributed by atoms with E-state index in [1.165, 1.54) is 0 Å². The Morgan fingerprint density at radius 3 is 3.00 bits per heavy atom. The summed E-state index contributed by atoms with van der Waals surface area (Å²) in [5.41, 5.74) is 1.97. The lowest BCUT2D eigenvalue weighted by Crippen LogP contribution is -2.41. The molecule has 2 rings (SSSR count). The van der Waals surface area contributed by atoms with E-state index in [0.717, 1.165) is 36.0 Å². The van der Waals surface area contributed by atoms with Gasteiger partial charge in [0.2, 0.25) is 0 Å². The van der Waals surface area contributed by atoms with Crippen LogP contribution < -0.4 is 10.2 Å². The Morgan fingerprint density at radius 2 is 2.31 bits per heavy atom. The summed E-state index contributed by atoms with van der Waals surface area (Å²) in [6, 6.07) is 0.279. The Balaban J connectivity index is 2.44. The molecule has 0 unspecified atom stereocenters. The fourth-order valence-electron chi connectivity index (χ4n) is 1.95. The third kappa shape index (κ3) is 1.75. The van der Waals surface area contributed by atoms with Gasteiger partial charge in [0, 0.05) is 12.2 Å². The van der Waals surface area contributed by atoms with Crippen LogP contribution in [0.3, 0.4) is 0 Å². The number of aryl methyl sites for hydroxylation is 1. The van der Waals surface area contributed by atoms with Crippen LogP contribution in [0.25, 0.3) is 0 Å². The Hall–Kier alpha value is -1.58. The molecule has 16 heavy (non-hydrogen) atoms. The molecule has 0 aliphatic carbocycles. The number of hydrogen-bond donors (Lipinski definition) is 1. The molecular weight excluding hydrogens is 200 g/mol. The summed E-state index contributed by atoms with van der Waals surface area (Å²) >= 11 is 0. The summed E-state index contributed by atoms with van der Waals surface area (Å²) in [4.78, 5) is 11.0. The molecule has 0 spiro atoms. The van der Waals surface area contributed by atoms with Crippen LogP contribution in [0.15, 0.2) is 18.5 Å². The molecule has 1 aromatic heterocycles. The zero-order valence-corrected chi connectivity index (χ0v) is 10.1. The van der Waals surface area contributed by atoms with E-state index in [2.05, 4.69) is 40.6 Å². The third-order valence-electron chi connectivity index (χ3n) is 2.89. The molecule has 4 heteroatoms. The number of anilines is 2. The molecule has 4 nitrogen and oxygen atoms in total. The fourth-order valence-corrected chi connectivity index (χ4v) is 1.95. The van der Waals surface area contributed by atoms with Gasteiger partial charge in [-0.25, -0.2) is 9.97 Å². The second kappa shape index (κ2) is 4.12. The van der Waals surface area contributed by atoms with Crippen molar-refractivity contribution in [1.82, 2.24) is 9.97 Å². The Morgan fingerprint density at radius 1 is 1.56 bits per heavy atom. The van der Waals surface area contributed by atoms with Crippen molar-refractivity contribution in [3.63, 3.8) is 0 Å². The zero-order valence-electron chi connectivity index (χ0n) is 10.1. The second-order valence-corrected chi connectivity index (χ2v) is 4.17. The monoisotopic (exact) mass is 218 g/mol. The number of nitrogens with one attached hydrogen (secondary N) is 1. The van der Waals surface area contributed by atoms with Crippen molar-refractivity contribution in [2.24, 2.45) is 0 Å². The van der Waals surface area contributed by atoms with E-state index in [9.17, 15) is 0 Å². The zero-order chi connectivity index (χ0) is 11.7. The van der Waals surface area contributed by atoms with Crippen LogP contribution in [0.5, 0.6) is 0 Å². The highest BCUT2D eigenvalue weighted by Crippen LogP contribution is 2.32. The Bertz CT molecular complexity index is 413. The number of nitrogens with zero attached hydrogens (tertiary/aromatic N) is 3. The van der Waals surface area contributed by atoms with E-state index in [0.29, 0.717) is 0 Å². The maximum Gasteiger partial charge on any atom is 0.156 e. The normalized spacial score (nSPS) is 19.3. The topological polar surface area (TPSA) is 41.1 Å². The molecule has 1 atom stereocenters. The van der Waals surface area contributed by atoms with E-state index in [1.54, 1.807) is 0 Å². The van der Waals surface area contributed by atoms with Gasteiger partial charge in [-0.2, -0.15) is 0 Å². The molecule has 0 saturated carbocycles. The van der Waals surface area contributed by atoms with Crippen molar-refractivity contribution in [2.75, 3.05) is 16.8 Å². The van der Waals surface area contributed by atoms with Gasteiger partial charge in [0.15, 0.2) is 5.82 Å². The lowest BCUT2D eigenvalue weighted by atomic mass is 10.1. The average Bonchev–Trinajstić information content (AvgIpc) is 2.26. The molecule has 0 bridgehead atoms. The SMILES string of the molecule is C=C1Nc2cnc(C)nc2N(CCC)[C@@H]1C. The standard InChI is InChI=1S/C12H18N4/c1-5-6-16-9(3)8(2)14-11-7-13-10(4)15-12(11)16/h7,9,14H,2,5-6H2,1,3-4H3/t9-/m1/s1. The highest BCUT2D eigenvalue weighted by atomic mass is 15.3. The first-order valence-corrected chi connectivity index (χ1v) is 5.69. The Kier molecular flexibility index (Phi) is 2.81. The highest BCUT2D eigenvalue weighted by Gasteiger charge is 2.26. The highest BCUT2D eigenvalue weighted by molar-refractivity contribution is 5.71. The first kappa shape index (κ1) is 10.9. The van der Waals surface area contributed by atoms with Crippen LogP contribution in [0.2, 0.25) is 0 Å². The van der Waals surface area contributed by atoms with Gasteiger partial charge < -0.3 is 10.2 Å². The molecule has 1 aliphatic heterocycles. The van der Waals surface area contributed by atoms with Crippen LogP contribution in [0.1, 0.15) is 26.1 Å². The molecule has 1 N–H and O–H groups in total. The van der Waals surface area contributed by atoms with Gasteiger partial charge in [0.1, 0.15) is 11.5 Å². The maximum absolute atomic E-state index is 4.51. The van der Waals surface area contributed by atoms with E-state index in [1.807, 2.05) is 13.1 Å². The number of aromatic nitrogens is 2. The van der Waals surface area contributed by atoms with Gasteiger partial charge in [-0.05, 0) is 20.3 Å². The smallest absolute Gasteiger partial charge is 0.156 e. The minimum Gasteiger partial charge on any atom is -0.353 e. The van der Waals surface area contributed by atoms with Crippen molar-refractivity contribution < 1.29 is 0 Å². The summed E-state index contributed by atoms with van der Waals surface area (Å²) in [5.74, 6) is 1.80. The average molecular weight is 218 g/mol. The lowest BCUT2D eigenvalue weighted by molar-refractivity contribution is 0.668. The van der Waals surface area contributed by atoms with Gasteiger partial charge in [-0.15, -0.1) is 0 Å². The molecule has 1 aliphatic rings. The lowest BCUT2D eigenvalue weighted by Gasteiger charge is -2.37. The summed E-state index contributed by atoms with van der Waals surface area (Å²) in [7, 11) is 0. The molecule has 0 aromatic carbocycles. The third-order valence-corrected chi connectivity index (χ3v) is 2.89. The van der Waals surface area contributed by atoms with Gasteiger partial charge in [-0.1, -0.05) is 13.5 Å². The molecule has 0 amide bonds. The molecule has 2 heterocycles. The van der Waals surface area contributed by atoms with Gasteiger partial charge in [0.25, 0.3) is 0 Å². The van der Waals surface area contributed by atoms with Crippen LogP contribution >= 0.6 is 0 Å². The quantitative estimate of drug-likeness (QED) is 0.827. The molecule has 0 fully saturated rings. The minimum atomic E-state index is 0.279. The van der Waals surface area contributed by atoms with E-state index in [-0.39, 0.29) is 6.04 Å². The van der Waals surface area contributed by atoms with Crippen molar-refractivity contribution in [3.8, 4) is 0 Å². The van der Waals surface area contributed by atoms with Crippen LogP contribution in [-0.2, 0) is 0 Å². The second-order valence-electron chi connectivity index (χ2n) is 4.17. The largest absolute Gasteiger partial charge is 0.353 e. The first-order chi connectivity index (χ1) is 7.63. The van der Waals surface area contributed by atoms with Crippen LogP contribution in [-0.4, -0.2) is 22.6 Å². The van der Waals surface area contributed by atoms with Gasteiger partial charge in [-0.3, -0.25) is 0 Å². The fraction of sp³-hybridized carbons (Fsp3) is 0.500. The molecule has 0 saturated heterocycles. The van der Waals surface area contributed by atoms with Crippen molar-refractivity contribution in [1.29, 1.82) is 0 Å². The van der Waals surface area contributed by atoms with Gasteiger partial charge >= 0.3 is 0 Å².